The summed E-state index contributed by atoms with van der Waals surface area (Å²) in [5.41, 5.74) is -0.0910. The van der Waals surface area contributed by atoms with Gasteiger partial charge < -0.3 is 29.6 Å². The van der Waals surface area contributed by atoms with E-state index >= 15 is 0 Å². The summed E-state index contributed by atoms with van der Waals surface area (Å²) in [6.07, 6.45) is 0.687. The molecule has 0 unspecified atom stereocenters. The number of amides is 2. The van der Waals surface area contributed by atoms with Crippen molar-refractivity contribution in [1.82, 2.24) is 10.6 Å². The standard InChI is InChI=1S/C24H32N2O8/c1-7-19(27)31-12-14-33-21(29)25-23(3,4)17-10-9-11-18(16-17)24(5,6)26-22(30)34-15-13-32-20(28)8-2/h7-11,16H,1-2,12-15H2,3-6H3,(H,25,29)(H,26,30). The molecule has 0 saturated carbocycles. The van der Waals surface area contributed by atoms with Gasteiger partial charge in [-0.15, -0.1) is 0 Å². The van der Waals surface area contributed by atoms with Crippen molar-refractivity contribution in [3.8, 4) is 0 Å². The number of ether oxygens (including phenoxy) is 4. The van der Waals surface area contributed by atoms with E-state index in [0.717, 1.165) is 23.3 Å². The van der Waals surface area contributed by atoms with E-state index in [9.17, 15) is 19.2 Å². The Bertz CT molecular complexity index is 839. The molecule has 0 heterocycles. The molecule has 0 fully saturated rings. The topological polar surface area (TPSA) is 129 Å². The summed E-state index contributed by atoms with van der Waals surface area (Å²) < 4.78 is 19.6. The lowest BCUT2D eigenvalue weighted by Crippen LogP contribution is -2.43. The third kappa shape index (κ3) is 9.76. The van der Waals surface area contributed by atoms with E-state index in [0.29, 0.717) is 0 Å². The molecule has 0 aliphatic carbocycles. The molecule has 186 valence electrons. The van der Waals surface area contributed by atoms with Gasteiger partial charge in [0.15, 0.2) is 0 Å². The summed E-state index contributed by atoms with van der Waals surface area (Å²) in [6, 6.07) is 7.31. The Balaban J connectivity index is 2.69. The van der Waals surface area contributed by atoms with Crippen molar-refractivity contribution in [2.45, 2.75) is 38.8 Å². The fourth-order valence-electron chi connectivity index (χ4n) is 2.69. The van der Waals surface area contributed by atoms with Gasteiger partial charge in [-0.2, -0.15) is 0 Å². The zero-order chi connectivity index (χ0) is 25.8. The van der Waals surface area contributed by atoms with Gasteiger partial charge in [0.05, 0.1) is 11.1 Å². The predicted molar refractivity (Wildman–Crippen MR) is 124 cm³/mol. The van der Waals surface area contributed by atoms with Crippen LogP contribution in [-0.4, -0.2) is 50.6 Å². The number of nitrogens with one attached hydrogen (secondary N) is 2. The van der Waals surface area contributed by atoms with Crippen LogP contribution in [0.15, 0.2) is 49.6 Å². The Morgan fingerprint density at radius 3 is 1.44 bits per heavy atom. The zero-order valence-corrected chi connectivity index (χ0v) is 20.0. The number of carbonyl (C=O) groups is 4. The van der Waals surface area contributed by atoms with E-state index in [1.54, 1.807) is 33.8 Å². The second-order valence-corrected chi connectivity index (χ2v) is 8.10. The molecule has 34 heavy (non-hydrogen) atoms. The highest BCUT2D eigenvalue weighted by Gasteiger charge is 2.28. The molecule has 1 rings (SSSR count). The number of carbonyl (C=O) groups excluding carboxylic acids is 4. The van der Waals surface area contributed by atoms with Crippen molar-refractivity contribution in [3.05, 3.63) is 60.7 Å². The highest BCUT2D eigenvalue weighted by atomic mass is 16.6. The number of hydrogen-bond acceptors (Lipinski definition) is 8. The number of benzene rings is 1. The molecule has 10 heteroatoms. The highest BCUT2D eigenvalue weighted by Crippen LogP contribution is 2.26. The first-order valence-corrected chi connectivity index (χ1v) is 10.5. The molecular formula is C24H32N2O8. The minimum absolute atomic E-state index is 0.0825. The molecule has 0 spiro atoms. The van der Waals surface area contributed by atoms with Crippen molar-refractivity contribution >= 4 is 24.1 Å². The predicted octanol–water partition coefficient (Wildman–Crippen LogP) is 3.07. The minimum Gasteiger partial charge on any atom is -0.459 e. The molecule has 0 aromatic heterocycles. The summed E-state index contributed by atoms with van der Waals surface area (Å²) >= 11 is 0. The molecule has 10 nitrogen and oxygen atoms in total. The lowest BCUT2D eigenvalue weighted by atomic mass is 9.87. The Kier molecular flexibility index (Phi) is 10.8. The van der Waals surface area contributed by atoms with Crippen LogP contribution in [0.4, 0.5) is 9.59 Å². The van der Waals surface area contributed by atoms with Gasteiger partial charge in [-0.25, -0.2) is 19.2 Å². The van der Waals surface area contributed by atoms with Crippen molar-refractivity contribution in [2.24, 2.45) is 0 Å². The highest BCUT2D eigenvalue weighted by molar-refractivity contribution is 5.81. The quantitative estimate of drug-likeness (QED) is 0.204. The first kappa shape index (κ1) is 28.2. The average molecular weight is 477 g/mol. The summed E-state index contributed by atoms with van der Waals surface area (Å²) in [6.45, 7) is 13.4. The Morgan fingerprint density at radius 1 is 0.735 bits per heavy atom. The lowest BCUT2D eigenvalue weighted by molar-refractivity contribution is -0.139. The monoisotopic (exact) mass is 476 g/mol. The first-order valence-electron chi connectivity index (χ1n) is 10.5. The number of alkyl carbamates (subject to hydrolysis) is 2. The fourth-order valence-corrected chi connectivity index (χ4v) is 2.69. The maximum absolute atomic E-state index is 12.2. The Morgan fingerprint density at radius 2 is 1.09 bits per heavy atom. The fraction of sp³-hybridized carbons (Fsp3) is 0.417. The Labute approximate surface area is 199 Å². The van der Waals surface area contributed by atoms with Gasteiger partial charge in [-0.1, -0.05) is 37.4 Å². The largest absolute Gasteiger partial charge is 0.459 e. The van der Waals surface area contributed by atoms with Gasteiger partial charge in [-0.3, -0.25) is 0 Å². The van der Waals surface area contributed by atoms with Crippen LogP contribution < -0.4 is 10.6 Å². The first-order chi connectivity index (χ1) is 15.9. The summed E-state index contributed by atoms with van der Waals surface area (Å²) in [5, 5.41) is 5.52. The molecule has 0 aliphatic heterocycles. The minimum atomic E-state index is -0.809. The van der Waals surface area contributed by atoms with Gasteiger partial charge in [0.1, 0.15) is 26.4 Å². The maximum atomic E-state index is 12.2. The molecule has 2 N–H and O–H groups in total. The smallest absolute Gasteiger partial charge is 0.407 e. The van der Waals surface area contributed by atoms with E-state index in [1.807, 2.05) is 18.2 Å². The van der Waals surface area contributed by atoms with E-state index in [4.69, 9.17) is 18.9 Å². The number of esters is 2. The molecule has 1 aromatic carbocycles. The van der Waals surface area contributed by atoms with Gasteiger partial charge in [0.2, 0.25) is 0 Å². The van der Waals surface area contributed by atoms with Crippen molar-refractivity contribution in [3.63, 3.8) is 0 Å². The molecule has 0 saturated heterocycles. The van der Waals surface area contributed by atoms with Gasteiger partial charge >= 0.3 is 24.1 Å². The zero-order valence-electron chi connectivity index (χ0n) is 20.0. The summed E-state index contributed by atoms with van der Waals surface area (Å²) in [7, 11) is 0. The van der Waals surface area contributed by atoms with Crippen LogP contribution in [0.2, 0.25) is 0 Å². The van der Waals surface area contributed by atoms with Gasteiger partial charge in [0, 0.05) is 12.2 Å². The average Bonchev–Trinajstić information content (AvgIpc) is 2.78. The van der Waals surface area contributed by atoms with Gasteiger partial charge in [0.25, 0.3) is 0 Å². The molecule has 0 atom stereocenters. The van der Waals surface area contributed by atoms with E-state index in [-0.39, 0.29) is 26.4 Å². The van der Waals surface area contributed by atoms with Crippen LogP contribution in [0.25, 0.3) is 0 Å². The van der Waals surface area contributed by atoms with E-state index in [2.05, 4.69) is 23.8 Å². The lowest BCUT2D eigenvalue weighted by Gasteiger charge is -2.30. The maximum Gasteiger partial charge on any atom is 0.407 e. The third-order valence-electron chi connectivity index (χ3n) is 4.59. The SMILES string of the molecule is C=CC(=O)OCCOC(=O)NC(C)(C)c1cccc(C(C)(C)NC(=O)OCCOC(=O)C=C)c1. The van der Waals surface area contributed by atoms with Crippen molar-refractivity contribution in [1.29, 1.82) is 0 Å². The molecule has 2 amide bonds. The molecule has 0 radical (unpaired) electrons. The second kappa shape index (κ2) is 13.0. The van der Waals surface area contributed by atoms with Crippen molar-refractivity contribution in [2.75, 3.05) is 26.4 Å². The van der Waals surface area contributed by atoms with Crippen molar-refractivity contribution < 1.29 is 38.1 Å². The van der Waals surface area contributed by atoms with Crippen LogP contribution >= 0.6 is 0 Å². The van der Waals surface area contributed by atoms with Gasteiger partial charge in [-0.05, 0) is 38.8 Å². The summed E-state index contributed by atoms with van der Waals surface area (Å²) in [4.78, 5) is 46.3. The van der Waals surface area contributed by atoms with Crippen LogP contribution in [0.1, 0.15) is 38.8 Å². The number of hydrogen-bond donors (Lipinski definition) is 2. The summed E-state index contributed by atoms with van der Waals surface area (Å²) in [5.74, 6) is -1.20. The normalized spacial score (nSPS) is 10.9. The van der Waals surface area contributed by atoms with E-state index < -0.39 is 35.2 Å². The third-order valence-corrected chi connectivity index (χ3v) is 4.59. The molecule has 1 aromatic rings. The van der Waals surface area contributed by atoms with Crippen LogP contribution in [-0.2, 0) is 39.6 Å². The molecule has 0 aliphatic rings. The van der Waals surface area contributed by atoms with E-state index in [1.165, 1.54) is 0 Å². The second-order valence-electron chi connectivity index (χ2n) is 8.10. The van der Waals surface area contributed by atoms with Crippen LogP contribution in [0, 0.1) is 0 Å². The number of rotatable bonds is 12. The Hall–Kier alpha value is -3.82. The van der Waals surface area contributed by atoms with Crippen LogP contribution in [0.5, 0.6) is 0 Å². The molecule has 0 bridgehead atoms. The molecular weight excluding hydrogens is 444 g/mol. The van der Waals surface area contributed by atoms with Crippen LogP contribution in [0.3, 0.4) is 0 Å².